The highest BCUT2D eigenvalue weighted by Crippen LogP contribution is 2.13. The Morgan fingerprint density at radius 1 is 1.05 bits per heavy atom. The van der Waals surface area contributed by atoms with E-state index in [1.807, 2.05) is 0 Å². The molecule has 0 saturated carbocycles. The Balaban J connectivity index is 1.95. The molecule has 2 aromatic rings. The first-order valence-electron chi connectivity index (χ1n) is 6.20. The van der Waals surface area contributed by atoms with Gasteiger partial charge in [0.05, 0.1) is 17.1 Å². The number of nitro benzene ring substituents is 1. The third-order valence-electron chi connectivity index (χ3n) is 2.89. The van der Waals surface area contributed by atoms with Crippen LogP contribution in [0, 0.1) is 10.1 Å². The summed E-state index contributed by atoms with van der Waals surface area (Å²) in [7, 11) is 0. The van der Waals surface area contributed by atoms with E-state index in [4.69, 9.17) is 9.84 Å². The molecule has 0 fully saturated rings. The topological polar surface area (TPSA) is 89.7 Å². The lowest BCUT2D eigenvalue weighted by atomic mass is 10.1. The van der Waals surface area contributed by atoms with Crippen molar-refractivity contribution in [2.24, 2.45) is 0 Å². The van der Waals surface area contributed by atoms with Gasteiger partial charge in [0.1, 0.15) is 6.61 Å². The minimum absolute atomic E-state index is 0.0388. The van der Waals surface area contributed by atoms with Gasteiger partial charge in [0.15, 0.2) is 0 Å². The minimum Gasteiger partial charge on any atom is -0.457 e. The smallest absolute Gasteiger partial charge is 0.338 e. The molecule has 1 N–H and O–H groups in total. The summed E-state index contributed by atoms with van der Waals surface area (Å²) in [5.41, 5.74) is 1.75. The number of non-ortho nitro benzene ring substituents is 1. The average Bonchev–Trinajstić information content (AvgIpc) is 2.53. The molecule has 0 aliphatic carbocycles. The highest BCUT2D eigenvalue weighted by molar-refractivity contribution is 5.89. The van der Waals surface area contributed by atoms with Crippen molar-refractivity contribution in [2.45, 2.75) is 13.2 Å². The highest BCUT2D eigenvalue weighted by atomic mass is 16.6. The molecular weight excluding hydrogens is 274 g/mol. The van der Waals surface area contributed by atoms with Crippen molar-refractivity contribution in [3.63, 3.8) is 0 Å². The van der Waals surface area contributed by atoms with E-state index in [1.165, 1.54) is 24.3 Å². The van der Waals surface area contributed by atoms with Gasteiger partial charge in [-0.3, -0.25) is 10.1 Å². The Labute approximate surface area is 120 Å². The molecule has 2 rings (SSSR count). The van der Waals surface area contributed by atoms with Crippen LogP contribution in [0.4, 0.5) is 5.69 Å². The summed E-state index contributed by atoms with van der Waals surface area (Å²) in [6, 6.07) is 12.2. The molecule has 0 aromatic heterocycles. The summed E-state index contributed by atoms with van der Waals surface area (Å²) in [6.45, 7) is 0.0599. The molecule has 6 heteroatoms. The first kappa shape index (κ1) is 14.7. The predicted octanol–water partition coefficient (Wildman–Crippen LogP) is 2.44. The number of rotatable bonds is 5. The Kier molecular flexibility index (Phi) is 4.63. The van der Waals surface area contributed by atoms with Gasteiger partial charge in [0, 0.05) is 12.1 Å². The normalized spacial score (nSPS) is 10.1. The maximum absolute atomic E-state index is 11.8. The van der Waals surface area contributed by atoms with Crippen LogP contribution in [0.5, 0.6) is 0 Å². The van der Waals surface area contributed by atoms with Crippen LogP contribution in [0.2, 0.25) is 0 Å². The molecule has 0 heterocycles. The van der Waals surface area contributed by atoms with E-state index < -0.39 is 10.9 Å². The maximum Gasteiger partial charge on any atom is 0.338 e. The number of aliphatic hydroxyl groups is 1. The molecule has 0 bridgehead atoms. The van der Waals surface area contributed by atoms with Gasteiger partial charge in [-0.25, -0.2) is 4.79 Å². The zero-order valence-corrected chi connectivity index (χ0v) is 11.1. The second kappa shape index (κ2) is 6.62. The number of hydrogen-bond donors (Lipinski definition) is 1. The number of aliphatic hydroxyl groups excluding tert-OH is 1. The standard InChI is InChI=1S/C15H13NO5/c17-9-11-1-3-12(4-2-11)10-21-15(18)13-5-7-14(8-6-13)16(19)20/h1-8,17H,9-10H2. The molecular formula is C15H13NO5. The van der Waals surface area contributed by atoms with E-state index in [9.17, 15) is 14.9 Å². The van der Waals surface area contributed by atoms with Crippen molar-refractivity contribution < 1.29 is 19.6 Å². The fraction of sp³-hybridized carbons (Fsp3) is 0.133. The molecule has 21 heavy (non-hydrogen) atoms. The lowest BCUT2D eigenvalue weighted by Gasteiger charge is -2.05. The van der Waals surface area contributed by atoms with Crippen molar-refractivity contribution in [1.29, 1.82) is 0 Å². The van der Waals surface area contributed by atoms with Gasteiger partial charge in [-0.05, 0) is 23.3 Å². The zero-order chi connectivity index (χ0) is 15.2. The second-order valence-electron chi connectivity index (χ2n) is 4.35. The molecule has 0 aliphatic heterocycles. The number of carbonyl (C=O) groups excluding carboxylic acids is 1. The van der Waals surface area contributed by atoms with Crippen LogP contribution in [0.25, 0.3) is 0 Å². The van der Waals surface area contributed by atoms with Crippen LogP contribution in [0.1, 0.15) is 21.5 Å². The fourth-order valence-electron chi connectivity index (χ4n) is 1.69. The number of hydrogen-bond acceptors (Lipinski definition) is 5. The van der Waals surface area contributed by atoms with Crippen LogP contribution >= 0.6 is 0 Å². The lowest BCUT2D eigenvalue weighted by Crippen LogP contribution is -2.05. The van der Waals surface area contributed by atoms with Crippen LogP contribution in [-0.4, -0.2) is 16.0 Å². The summed E-state index contributed by atoms with van der Waals surface area (Å²) < 4.78 is 5.12. The van der Waals surface area contributed by atoms with Crippen molar-refractivity contribution in [3.8, 4) is 0 Å². The van der Waals surface area contributed by atoms with E-state index in [0.717, 1.165) is 11.1 Å². The summed E-state index contributed by atoms with van der Waals surface area (Å²) in [4.78, 5) is 21.8. The first-order chi connectivity index (χ1) is 10.1. The largest absolute Gasteiger partial charge is 0.457 e. The van der Waals surface area contributed by atoms with E-state index in [-0.39, 0.29) is 24.5 Å². The third-order valence-corrected chi connectivity index (χ3v) is 2.89. The zero-order valence-electron chi connectivity index (χ0n) is 11.1. The molecule has 0 aliphatic rings. The molecule has 6 nitrogen and oxygen atoms in total. The fourth-order valence-corrected chi connectivity index (χ4v) is 1.69. The van der Waals surface area contributed by atoms with Crippen molar-refractivity contribution >= 4 is 11.7 Å². The number of carbonyl (C=O) groups is 1. The van der Waals surface area contributed by atoms with Crippen LogP contribution in [-0.2, 0) is 18.0 Å². The summed E-state index contributed by atoms with van der Waals surface area (Å²) in [6.07, 6.45) is 0. The van der Waals surface area contributed by atoms with Gasteiger partial charge in [-0.1, -0.05) is 24.3 Å². The summed E-state index contributed by atoms with van der Waals surface area (Å²) in [5.74, 6) is -0.545. The monoisotopic (exact) mass is 287 g/mol. The Morgan fingerprint density at radius 2 is 1.62 bits per heavy atom. The number of nitrogens with zero attached hydrogens (tertiary/aromatic N) is 1. The number of esters is 1. The van der Waals surface area contributed by atoms with E-state index in [0.29, 0.717) is 0 Å². The van der Waals surface area contributed by atoms with E-state index in [2.05, 4.69) is 0 Å². The van der Waals surface area contributed by atoms with Gasteiger partial charge >= 0.3 is 5.97 Å². The number of benzene rings is 2. The quantitative estimate of drug-likeness (QED) is 0.518. The van der Waals surface area contributed by atoms with Crippen LogP contribution in [0.3, 0.4) is 0 Å². The second-order valence-corrected chi connectivity index (χ2v) is 4.35. The minimum atomic E-state index is -0.545. The molecule has 2 aromatic carbocycles. The number of ether oxygens (including phenoxy) is 1. The van der Waals surface area contributed by atoms with Crippen LogP contribution < -0.4 is 0 Å². The molecule has 0 spiro atoms. The van der Waals surface area contributed by atoms with Gasteiger partial charge in [0.25, 0.3) is 5.69 Å². The van der Waals surface area contributed by atoms with Crippen molar-refractivity contribution in [2.75, 3.05) is 0 Å². The van der Waals surface area contributed by atoms with E-state index >= 15 is 0 Å². The summed E-state index contributed by atoms with van der Waals surface area (Å²) >= 11 is 0. The molecule has 108 valence electrons. The Morgan fingerprint density at radius 3 is 2.14 bits per heavy atom. The summed E-state index contributed by atoms with van der Waals surface area (Å²) in [5, 5.41) is 19.4. The van der Waals surface area contributed by atoms with Gasteiger partial charge < -0.3 is 9.84 Å². The molecule has 0 unspecified atom stereocenters. The molecule has 0 atom stereocenters. The third kappa shape index (κ3) is 3.87. The first-order valence-corrected chi connectivity index (χ1v) is 6.20. The Hall–Kier alpha value is -2.73. The molecule has 0 amide bonds. The molecule has 0 radical (unpaired) electrons. The van der Waals surface area contributed by atoms with E-state index in [1.54, 1.807) is 24.3 Å². The van der Waals surface area contributed by atoms with Crippen molar-refractivity contribution in [3.05, 3.63) is 75.3 Å². The van der Waals surface area contributed by atoms with Crippen LogP contribution in [0.15, 0.2) is 48.5 Å². The van der Waals surface area contributed by atoms with Crippen molar-refractivity contribution in [1.82, 2.24) is 0 Å². The average molecular weight is 287 g/mol. The maximum atomic E-state index is 11.8. The Bertz CT molecular complexity index is 634. The number of nitro groups is 1. The predicted molar refractivity (Wildman–Crippen MR) is 74.6 cm³/mol. The van der Waals surface area contributed by atoms with Gasteiger partial charge in [-0.2, -0.15) is 0 Å². The molecule has 0 saturated heterocycles. The SMILES string of the molecule is O=C(OCc1ccc(CO)cc1)c1ccc([N+](=O)[O-])cc1. The highest BCUT2D eigenvalue weighted by Gasteiger charge is 2.10. The van der Waals surface area contributed by atoms with Gasteiger partial charge in [0.2, 0.25) is 0 Å². The van der Waals surface area contributed by atoms with Gasteiger partial charge in [-0.15, -0.1) is 0 Å². The lowest BCUT2D eigenvalue weighted by molar-refractivity contribution is -0.384.